The Labute approximate surface area is 177 Å². The minimum atomic E-state index is -0.220. The average molecular weight is 412 g/mol. The first kappa shape index (κ1) is 20.3. The Morgan fingerprint density at radius 1 is 1.07 bits per heavy atom. The standard InChI is InChI=1S/C23H29N3O4/c1-3-28-20-7-5-4-6-19(20)26-12-10-25(11-13-26)17(2)23(27)24-18-8-9-21-22(16-18)30-15-14-29-21/h4-9,16-17H,3,10-15H2,1-2H3,(H,24,27)/t17-/m1/s1. The number of para-hydroxylation sites is 2. The van der Waals surface area contributed by atoms with E-state index in [1.807, 2.05) is 50.2 Å². The lowest BCUT2D eigenvalue weighted by molar-refractivity contribution is -0.120. The molecular formula is C23H29N3O4. The topological polar surface area (TPSA) is 63.3 Å². The van der Waals surface area contributed by atoms with E-state index in [0.29, 0.717) is 25.6 Å². The maximum Gasteiger partial charge on any atom is 0.241 e. The first-order valence-corrected chi connectivity index (χ1v) is 10.6. The van der Waals surface area contributed by atoms with Crippen LogP contribution in [0.25, 0.3) is 0 Å². The van der Waals surface area contributed by atoms with Gasteiger partial charge < -0.3 is 24.4 Å². The third-order valence-electron chi connectivity index (χ3n) is 5.56. The van der Waals surface area contributed by atoms with E-state index in [9.17, 15) is 4.79 Å². The van der Waals surface area contributed by atoms with Crippen LogP contribution < -0.4 is 24.4 Å². The van der Waals surface area contributed by atoms with Crippen molar-refractivity contribution in [1.82, 2.24) is 4.90 Å². The lowest BCUT2D eigenvalue weighted by Gasteiger charge is -2.39. The van der Waals surface area contributed by atoms with Crippen molar-refractivity contribution in [2.24, 2.45) is 0 Å². The van der Waals surface area contributed by atoms with Gasteiger partial charge in [-0.05, 0) is 38.1 Å². The summed E-state index contributed by atoms with van der Waals surface area (Å²) in [4.78, 5) is 17.4. The van der Waals surface area contributed by atoms with Crippen LogP contribution in [0.4, 0.5) is 11.4 Å². The average Bonchev–Trinajstić information content (AvgIpc) is 2.79. The number of fused-ring (bicyclic) bond motifs is 1. The van der Waals surface area contributed by atoms with Gasteiger partial charge in [0.05, 0.1) is 18.3 Å². The number of hydrogen-bond acceptors (Lipinski definition) is 6. The molecule has 2 heterocycles. The van der Waals surface area contributed by atoms with E-state index in [0.717, 1.165) is 49.1 Å². The minimum Gasteiger partial charge on any atom is -0.492 e. The maximum absolute atomic E-state index is 12.8. The molecule has 7 heteroatoms. The first-order chi connectivity index (χ1) is 14.7. The predicted octanol–water partition coefficient (Wildman–Crippen LogP) is 3.01. The number of piperazine rings is 1. The molecule has 2 aliphatic heterocycles. The highest BCUT2D eigenvalue weighted by molar-refractivity contribution is 5.94. The van der Waals surface area contributed by atoms with Crippen molar-refractivity contribution in [3.05, 3.63) is 42.5 Å². The zero-order valence-electron chi connectivity index (χ0n) is 17.6. The number of hydrogen-bond donors (Lipinski definition) is 1. The van der Waals surface area contributed by atoms with Crippen LogP contribution in [0.1, 0.15) is 13.8 Å². The summed E-state index contributed by atoms with van der Waals surface area (Å²) in [5.74, 6) is 2.29. The fraction of sp³-hybridized carbons (Fsp3) is 0.435. The van der Waals surface area contributed by atoms with Crippen molar-refractivity contribution >= 4 is 17.3 Å². The van der Waals surface area contributed by atoms with Crippen molar-refractivity contribution in [2.45, 2.75) is 19.9 Å². The molecule has 0 aromatic heterocycles. The van der Waals surface area contributed by atoms with Crippen molar-refractivity contribution in [1.29, 1.82) is 0 Å². The van der Waals surface area contributed by atoms with Crippen molar-refractivity contribution in [2.75, 3.05) is 56.2 Å². The number of rotatable bonds is 6. The van der Waals surface area contributed by atoms with Gasteiger partial charge in [0.1, 0.15) is 19.0 Å². The van der Waals surface area contributed by atoms with Crippen LogP contribution in [0.5, 0.6) is 17.2 Å². The van der Waals surface area contributed by atoms with Crippen LogP contribution in [0.2, 0.25) is 0 Å². The summed E-state index contributed by atoms with van der Waals surface area (Å²) in [6, 6.07) is 13.4. The number of anilines is 2. The molecule has 1 N–H and O–H groups in total. The van der Waals surface area contributed by atoms with E-state index < -0.39 is 0 Å². The molecule has 2 aromatic rings. The maximum atomic E-state index is 12.8. The van der Waals surface area contributed by atoms with Crippen LogP contribution in [0.15, 0.2) is 42.5 Å². The Balaban J connectivity index is 1.34. The molecule has 1 atom stereocenters. The number of nitrogens with one attached hydrogen (secondary N) is 1. The summed E-state index contributed by atoms with van der Waals surface area (Å²) in [5, 5.41) is 3.01. The molecule has 30 heavy (non-hydrogen) atoms. The van der Waals surface area contributed by atoms with Gasteiger partial charge in [-0.15, -0.1) is 0 Å². The smallest absolute Gasteiger partial charge is 0.241 e. The molecular weight excluding hydrogens is 382 g/mol. The Bertz CT molecular complexity index is 881. The van der Waals surface area contributed by atoms with Crippen molar-refractivity contribution in [3.63, 3.8) is 0 Å². The molecule has 4 rings (SSSR count). The number of amides is 1. The Kier molecular flexibility index (Phi) is 6.28. The van der Waals surface area contributed by atoms with E-state index in [1.165, 1.54) is 0 Å². The fourth-order valence-corrected chi connectivity index (χ4v) is 3.88. The first-order valence-electron chi connectivity index (χ1n) is 10.6. The van der Waals surface area contributed by atoms with Crippen LogP contribution >= 0.6 is 0 Å². The summed E-state index contributed by atoms with van der Waals surface area (Å²) < 4.78 is 16.9. The summed E-state index contributed by atoms with van der Waals surface area (Å²) in [7, 11) is 0. The van der Waals surface area contributed by atoms with Gasteiger partial charge in [-0.1, -0.05) is 12.1 Å². The van der Waals surface area contributed by atoms with E-state index in [2.05, 4.69) is 21.2 Å². The van der Waals surface area contributed by atoms with Crippen LogP contribution in [-0.4, -0.2) is 62.8 Å². The van der Waals surface area contributed by atoms with Gasteiger partial charge in [0.15, 0.2) is 11.5 Å². The summed E-state index contributed by atoms with van der Waals surface area (Å²) in [6.45, 7) is 9.01. The van der Waals surface area contributed by atoms with Gasteiger partial charge in [0.25, 0.3) is 0 Å². The van der Waals surface area contributed by atoms with E-state index in [-0.39, 0.29) is 11.9 Å². The summed E-state index contributed by atoms with van der Waals surface area (Å²) >= 11 is 0. The second kappa shape index (κ2) is 9.26. The molecule has 1 saturated heterocycles. The molecule has 1 amide bonds. The lowest BCUT2D eigenvalue weighted by atomic mass is 10.1. The van der Waals surface area contributed by atoms with Gasteiger partial charge in [-0.2, -0.15) is 0 Å². The van der Waals surface area contributed by atoms with Gasteiger partial charge >= 0.3 is 0 Å². The molecule has 0 aliphatic carbocycles. The number of carbonyl (C=O) groups excluding carboxylic acids is 1. The normalized spacial score (nSPS) is 17.3. The monoisotopic (exact) mass is 411 g/mol. The minimum absolute atomic E-state index is 0.0187. The van der Waals surface area contributed by atoms with Gasteiger partial charge in [0.2, 0.25) is 5.91 Å². The Hall–Kier alpha value is -2.93. The van der Waals surface area contributed by atoms with Gasteiger partial charge in [0, 0.05) is 37.9 Å². The van der Waals surface area contributed by atoms with Crippen LogP contribution in [-0.2, 0) is 4.79 Å². The fourth-order valence-electron chi connectivity index (χ4n) is 3.88. The predicted molar refractivity (Wildman–Crippen MR) is 117 cm³/mol. The lowest BCUT2D eigenvalue weighted by Crippen LogP contribution is -2.52. The second-order valence-corrected chi connectivity index (χ2v) is 7.45. The quantitative estimate of drug-likeness (QED) is 0.789. The third-order valence-corrected chi connectivity index (χ3v) is 5.56. The molecule has 0 spiro atoms. The number of ether oxygens (including phenoxy) is 3. The molecule has 7 nitrogen and oxygen atoms in total. The molecule has 0 saturated carbocycles. The SMILES string of the molecule is CCOc1ccccc1N1CCN([C@H](C)C(=O)Nc2ccc3c(c2)OCCO3)CC1. The largest absolute Gasteiger partial charge is 0.492 e. The van der Waals surface area contributed by atoms with Gasteiger partial charge in [-0.3, -0.25) is 9.69 Å². The molecule has 0 unspecified atom stereocenters. The summed E-state index contributed by atoms with van der Waals surface area (Å²) in [5.41, 5.74) is 1.84. The Morgan fingerprint density at radius 3 is 2.57 bits per heavy atom. The molecule has 160 valence electrons. The molecule has 0 radical (unpaired) electrons. The van der Waals surface area contributed by atoms with E-state index in [1.54, 1.807) is 0 Å². The molecule has 1 fully saturated rings. The Morgan fingerprint density at radius 2 is 1.80 bits per heavy atom. The number of benzene rings is 2. The molecule has 2 aromatic carbocycles. The van der Waals surface area contributed by atoms with Crippen LogP contribution in [0, 0.1) is 0 Å². The summed E-state index contributed by atoms with van der Waals surface area (Å²) in [6.07, 6.45) is 0. The van der Waals surface area contributed by atoms with Crippen molar-refractivity contribution < 1.29 is 19.0 Å². The zero-order chi connectivity index (χ0) is 20.9. The number of carbonyl (C=O) groups is 1. The number of nitrogens with zero attached hydrogens (tertiary/aromatic N) is 2. The van der Waals surface area contributed by atoms with E-state index >= 15 is 0 Å². The van der Waals surface area contributed by atoms with Gasteiger partial charge in [-0.25, -0.2) is 0 Å². The third kappa shape index (κ3) is 4.46. The molecule has 0 bridgehead atoms. The zero-order valence-corrected chi connectivity index (χ0v) is 17.6. The van der Waals surface area contributed by atoms with E-state index in [4.69, 9.17) is 14.2 Å². The highest BCUT2D eigenvalue weighted by Crippen LogP contribution is 2.33. The highest BCUT2D eigenvalue weighted by atomic mass is 16.6. The van der Waals surface area contributed by atoms with Crippen molar-refractivity contribution in [3.8, 4) is 17.2 Å². The van der Waals surface area contributed by atoms with Crippen LogP contribution in [0.3, 0.4) is 0 Å². The molecule has 2 aliphatic rings. The second-order valence-electron chi connectivity index (χ2n) is 7.45. The highest BCUT2D eigenvalue weighted by Gasteiger charge is 2.27.